The summed E-state index contributed by atoms with van der Waals surface area (Å²) in [6, 6.07) is 2.34. The van der Waals surface area contributed by atoms with Crippen molar-refractivity contribution in [2.75, 3.05) is 23.7 Å². The number of anilines is 1. The average molecular weight is 388 g/mol. The van der Waals surface area contributed by atoms with E-state index < -0.39 is 30.5 Å². The van der Waals surface area contributed by atoms with Crippen LogP contribution < -0.4 is 4.90 Å². The number of nitrogens with zero attached hydrogens (tertiary/aromatic N) is 2. The molecule has 0 aromatic heterocycles. The van der Waals surface area contributed by atoms with Gasteiger partial charge in [0.2, 0.25) is 0 Å². The highest BCUT2D eigenvalue weighted by Gasteiger charge is 2.30. The predicted octanol–water partition coefficient (Wildman–Crippen LogP) is 5.35. The number of benzene rings is 1. The van der Waals surface area contributed by atoms with E-state index in [9.17, 15) is 30.7 Å². The van der Waals surface area contributed by atoms with Gasteiger partial charge in [-0.2, -0.15) is 26.3 Å². The Morgan fingerprint density at radius 1 is 1.12 bits per heavy atom. The van der Waals surface area contributed by atoms with Gasteiger partial charge in [-0.3, -0.25) is 4.99 Å². The van der Waals surface area contributed by atoms with Gasteiger partial charge in [-0.05, 0) is 31.0 Å². The summed E-state index contributed by atoms with van der Waals surface area (Å²) < 4.78 is 88.5. The first kappa shape index (κ1) is 19.9. The molecular weight excluding hydrogens is 373 g/mol. The molecule has 0 saturated carbocycles. The standard InChI is InChI=1S/C15H15F7N2S/c1-9-5-10(16)11(6-12(9)25-8-15(20,21)22)24-4-2-3-13(24)23-7-14(17,18)19/h5-6H,2-4,7-8H2,1H3. The predicted molar refractivity (Wildman–Crippen MR) is 82.9 cm³/mol. The summed E-state index contributed by atoms with van der Waals surface area (Å²) in [6.45, 7) is 0.371. The van der Waals surface area contributed by atoms with Gasteiger partial charge >= 0.3 is 12.4 Å². The van der Waals surface area contributed by atoms with Gasteiger partial charge in [0, 0.05) is 17.9 Å². The van der Waals surface area contributed by atoms with Crippen LogP contribution in [0.25, 0.3) is 0 Å². The first-order valence-electron chi connectivity index (χ1n) is 7.33. The molecule has 0 bridgehead atoms. The number of aryl methyl sites for hydroxylation is 1. The minimum Gasteiger partial charge on any atom is -0.328 e. The van der Waals surface area contributed by atoms with Crippen LogP contribution in [0.3, 0.4) is 0 Å². The molecule has 0 atom stereocenters. The molecule has 1 aliphatic rings. The quantitative estimate of drug-likeness (QED) is 0.511. The van der Waals surface area contributed by atoms with Crippen LogP contribution in [0.5, 0.6) is 0 Å². The van der Waals surface area contributed by atoms with Crippen LogP contribution >= 0.6 is 11.8 Å². The maximum atomic E-state index is 14.3. The zero-order chi connectivity index (χ0) is 18.8. The summed E-state index contributed by atoms with van der Waals surface area (Å²) in [6.07, 6.45) is -8.09. The summed E-state index contributed by atoms with van der Waals surface area (Å²) >= 11 is 0.516. The van der Waals surface area contributed by atoms with E-state index in [1.165, 1.54) is 17.9 Å². The molecule has 1 aromatic rings. The molecule has 0 spiro atoms. The molecule has 140 valence electrons. The number of aliphatic imine (C=N–C) groups is 1. The van der Waals surface area contributed by atoms with Crippen LogP contribution in [0.1, 0.15) is 18.4 Å². The lowest BCUT2D eigenvalue weighted by atomic mass is 10.2. The van der Waals surface area contributed by atoms with Crippen molar-refractivity contribution < 1.29 is 30.7 Å². The van der Waals surface area contributed by atoms with Crippen molar-refractivity contribution in [3.05, 3.63) is 23.5 Å². The summed E-state index contributed by atoms with van der Waals surface area (Å²) in [7, 11) is 0. The van der Waals surface area contributed by atoms with Crippen LogP contribution in [0.4, 0.5) is 36.4 Å². The molecule has 0 unspecified atom stereocenters. The maximum absolute atomic E-state index is 14.3. The number of thioether (sulfide) groups is 1. The summed E-state index contributed by atoms with van der Waals surface area (Å²) in [5.41, 5.74) is 0.289. The molecule has 1 aromatic carbocycles. The lowest BCUT2D eigenvalue weighted by Crippen LogP contribution is -2.27. The number of rotatable bonds is 4. The lowest BCUT2D eigenvalue weighted by Gasteiger charge is -2.22. The van der Waals surface area contributed by atoms with Crippen LogP contribution in [0.2, 0.25) is 0 Å². The lowest BCUT2D eigenvalue weighted by molar-refractivity contribution is -0.118. The average Bonchev–Trinajstić information content (AvgIpc) is 2.90. The third kappa shape index (κ3) is 5.79. The van der Waals surface area contributed by atoms with Gasteiger partial charge in [0.05, 0.1) is 11.4 Å². The van der Waals surface area contributed by atoms with Crippen molar-refractivity contribution >= 4 is 23.3 Å². The fourth-order valence-electron chi connectivity index (χ4n) is 2.43. The Morgan fingerprint density at radius 3 is 2.40 bits per heavy atom. The van der Waals surface area contributed by atoms with Crippen LogP contribution in [0, 0.1) is 12.7 Å². The molecular formula is C15H15F7N2S. The second-order valence-electron chi connectivity index (χ2n) is 5.58. The van der Waals surface area contributed by atoms with Crippen molar-refractivity contribution in [1.29, 1.82) is 0 Å². The Bertz CT molecular complexity index is 653. The van der Waals surface area contributed by atoms with E-state index >= 15 is 0 Å². The van der Waals surface area contributed by atoms with Gasteiger partial charge in [0.15, 0.2) is 0 Å². The second kappa shape index (κ2) is 7.43. The Balaban J connectivity index is 2.28. The molecule has 0 amide bonds. The number of halogens is 7. The minimum atomic E-state index is -4.47. The van der Waals surface area contributed by atoms with E-state index in [4.69, 9.17) is 0 Å². The highest BCUT2D eigenvalue weighted by molar-refractivity contribution is 7.99. The summed E-state index contributed by atoms with van der Waals surface area (Å²) in [5.74, 6) is -1.74. The molecule has 2 rings (SSSR count). The Kier molecular flexibility index (Phi) is 5.90. The molecule has 0 N–H and O–H groups in total. The fourth-order valence-corrected chi connectivity index (χ4v) is 3.23. The van der Waals surface area contributed by atoms with Gasteiger partial charge in [0.25, 0.3) is 0 Å². The van der Waals surface area contributed by atoms with Crippen LogP contribution in [-0.2, 0) is 0 Å². The third-order valence-corrected chi connectivity index (χ3v) is 4.68. The molecule has 1 heterocycles. The van der Waals surface area contributed by atoms with Crippen molar-refractivity contribution in [2.24, 2.45) is 4.99 Å². The van der Waals surface area contributed by atoms with Crippen molar-refractivity contribution in [3.8, 4) is 0 Å². The summed E-state index contributed by atoms with van der Waals surface area (Å²) in [4.78, 5) is 5.03. The molecule has 1 saturated heterocycles. The van der Waals surface area contributed by atoms with Gasteiger partial charge in [-0.1, -0.05) is 0 Å². The fraction of sp³-hybridized carbons (Fsp3) is 0.533. The molecule has 2 nitrogen and oxygen atoms in total. The highest BCUT2D eigenvalue weighted by Crippen LogP contribution is 2.35. The van der Waals surface area contributed by atoms with Crippen molar-refractivity contribution in [1.82, 2.24) is 0 Å². The molecule has 1 aliphatic heterocycles. The number of amidine groups is 1. The first-order valence-corrected chi connectivity index (χ1v) is 8.32. The summed E-state index contributed by atoms with van der Waals surface area (Å²) in [5, 5.41) is 0. The molecule has 0 aliphatic carbocycles. The SMILES string of the molecule is Cc1cc(F)c(N2CCCC2=NCC(F)(F)F)cc1SCC(F)(F)F. The largest absolute Gasteiger partial charge is 0.408 e. The molecule has 0 radical (unpaired) electrons. The molecule has 10 heteroatoms. The van der Waals surface area contributed by atoms with E-state index in [1.54, 1.807) is 0 Å². The minimum absolute atomic E-state index is 0.0475. The van der Waals surface area contributed by atoms with Crippen molar-refractivity contribution in [3.63, 3.8) is 0 Å². The van der Waals surface area contributed by atoms with E-state index in [0.717, 1.165) is 6.07 Å². The van der Waals surface area contributed by atoms with Crippen molar-refractivity contribution in [2.45, 2.75) is 37.0 Å². The number of alkyl halides is 6. The van der Waals surface area contributed by atoms with Gasteiger partial charge < -0.3 is 4.90 Å². The number of hydrogen-bond acceptors (Lipinski definition) is 2. The zero-order valence-electron chi connectivity index (χ0n) is 13.1. The van der Waals surface area contributed by atoms with Gasteiger partial charge in [-0.25, -0.2) is 4.39 Å². The van der Waals surface area contributed by atoms with Crippen LogP contribution in [0.15, 0.2) is 22.0 Å². The Labute approximate surface area is 144 Å². The zero-order valence-corrected chi connectivity index (χ0v) is 14.0. The normalized spacial score (nSPS) is 17.6. The number of hydrogen-bond donors (Lipinski definition) is 0. The maximum Gasteiger partial charge on any atom is 0.408 e. The van der Waals surface area contributed by atoms with Gasteiger partial charge in [0.1, 0.15) is 18.2 Å². The third-order valence-electron chi connectivity index (χ3n) is 3.46. The monoisotopic (exact) mass is 388 g/mol. The van der Waals surface area contributed by atoms with Crippen LogP contribution in [-0.4, -0.2) is 37.0 Å². The van der Waals surface area contributed by atoms with E-state index in [2.05, 4.69) is 4.99 Å². The second-order valence-corrected chi connectivity index (χ2v) is 6.59. The van der Waals surface area contributed by atoms with E-state index in [0.29, 0.717) is 23.7 Å². The highest BCUT2D eigenvalue weighted by atomic mass is 32.2. The Hall–Kier alpha value is -1.45. The van der Waals surface area contributed by atoms with Gasteiger partial charge in [-0.15, -0.1) is 11.8 Å². The van der Waals surface area contributed by atoms with E-state index in [1.807, 2.05) is 0 Å². The van der Waals surface area contributed by atoms with E-state index in [-0.39, 0.29) is 29.4 Å². The Morgan fingerprint density at radius 2 is 1.80 bits per heavy atom. The topological polar surface area (TPSA) is 15.6 Å². The first-order chi connectivity index (χ1) is 11.5. The molecule has 1 fully saturated rings. The molecule has 25 heavy (non-hydrogen) atoms. The smallest absolute Gasteiger partial charge is 0.328 e.